The van der Waals surface area contributed by atoms with Crippen LogP contribution in [-0.2, 0) is 14.8 Å². The maximum Gasteiger partial charge on any atom is 0.257 e. The van der Waals surface area contributed by atoms with E-state index in [1.807, 2.05) is 5.43 Å². The molecular weight excluding hydrogens is 266 g/mol. The lowest BCUT2D eigenvalue weighted by Gasteiger charge is -2.10. The maximum absolute atomic E-state index is 12.9. The molecule has 5 nitrogen and oxygen atoms in total. The van der Waals surface area contributed by atoms with E-state index in [1.165, 1.54) is 0 Å². The summed E-state index contributed by atoms with van der Waals surface area (Å²) in [5.74, 6) is -3.40. The Hall–Kier alpha value is -1.54. The molecular formula is C10H12F2N2O3S. The Morgan fingerprint density at radius 3 is 2.33 bits per heavy atom. The van der Waals surface area contributed by atoms with Crippen molar-refractivity contribution in [2.45, 2.75) is 18.7 Å². The summed E-state index contributed by atoms with van der Waals surface area (Å²) in [5, 5.41) is 0. The molecule has 0 fully saturated rings. The van der Waals surface area contributed by atoms with E-state index in [4.69, 9.17) is 0 Å². The zero-order chi connectivity index (χ0) is 13.9. The van der Waals surface area contributed by atoms with Gasteiger partial charge in [-0.05, 0) is 18.2 Å². The van der Waals surface area contributed by atoms with Crippen molar-refractivity contribution in [1.29, 1.82) is 0 Å². The van der Waals surface area contributed by atoms with E-state index in [0.717, 1.165) is 6.07 Å². The number of rotatable bonds is 4. The Kier molecular flexibility index (Phi) is 4.36. The second kappa shape index (κ2) is 5.40. The lowest BCUT2D eigenvalue weighted by atomic mass is 10.2. The second-order valence-corrected chi connectivity index (χ2v) is 5.51. The van der Waals surface area contributed by atoms with Crippen LogP contribution in [0.15, 0.2) is 23.1 Å². The predicted octanol–water partition coefficient (Wildman–Crippen LogP) is 0.930. The fraction of sp³-hybridized carbons (Fsp3) is 0.300. The van der Waals surface area contributed by atoms with Crippen LogP contribution in [0.2, 0.25) is 0 Å². The van der Waals surface area contributed by atoms with Crippen molar-refractivity contribution >= 4 is 15.9 Å². The smallest absolute Gasteiger partial charge is 0.257 e. The number of hydrogen-bond donors (Lipinski definition) is 2. The highest BCUT2D eigenvalue weighted by Gasteiger charge is 2.18. The number of hydrogen-bond acceptors (Lipinski definition) is 3. The summed E-state index contributed by atoms with van der Waals surface area (Å²) in [6.07, 6.45) is 0. The largest absolute Gasteiger partial charge is 0.277 e. The van der Waals surface area contributed by atoms with E-state index < -0.39 is 38.4 Å². The number of halogens is 2. The molecule has 0 spiro atoms. The van der Waals surface area contributed by atoms with Gasteiger partial charge in [-0.25, -0.2) is 17.2 Å². The molecule has 1 amide bonds. The molecule has 0 heterocycles. The summed E-state index contributed by atoms with van der Waals surface area (Å²) in [7, 11) is -4.12. The monoisotopic (exact) mass is 278 g/mol. The third kappa shape index (κ3) is 3.47. The third-order valence-electron chi connectivity index (χ3n) is 2.03. The zero-order valence-corrected chi connectivity index (χ0v) is 10.5. The normalized spacial score (nSPS) is 11.6. The first-order chi connectivity index (χ1) is 8.24. The lowest BCUT2D eigenvalue weighted by Crippen LogP contribution is -2.43. The summed E-state index contributed by atoms with van der Waals surface area (Å²) >= 11 is 0. The molecule has 8 heteroatoms. The highest BCUT2D eigenvalue weighted by molar-refractivity contribution is 7.89. The topological polar surface area (TPSA) is 75.3 Å². The molecule has 0 saturated heterocycles. The summed E-state index contributed by atoms with van der Waals surface area (Å²) in [6.45, 7) is 3.14. The van der Waals surface area contributed by atoms with Crippen molar-refractivity contribution in [3.63, 3.8) is 0 Å². The molecule has 1 rings (SSSR count). The number of hydrazine groups is 1. The van der Waals surface area contributed by atoms with Gasteiger partial charge in [-0.2, -0.15) is 0 Å². The minimum Gasteiger partial charge on any atom is -0.277 e. The molecule has 0 unspecified atom stereocenters. The van der Waals surface area contributed by atoms with Crippen molar-refractivity contribution in [2.24, 2.45) is 5.92 Å². The Morgan fingerprint density at radius 2 is 1.83 bits per heavy atom. The lowest BCUT2D eigenvalue weighted by molar-refractivity contribution is -0.124. The van der Waals surface area contributed by atoms with Crippen molar-refractivity contribution < 1.29 is 22.0 Å². The van der Waals surface area contributed by atoms with Crippen LogP contribution in [0.1, 0.15) is 13.8 Å². The Balaban J connectivity index is 2.87. The maximum atomic E-state index is 12.9. The number of sulfonamides is 1. The molecule has 0 aliphatic heterocycles. The highest BCUT2D eigenvalue weighted by atomic mass is 32.2. The molecule has 100 valence electrons. The highest BCUT2D eigenvalue weighted by Crippen LogP contribution is 2.13. The summed E-state index contributed by atoms with van der Waals surface area (Å²) in [6, 6.07) is 2.11. The van der Waals surface area contributed by atoms with Crippen LogP contribution in [0, 0.1) is 17.6 Å². The van der Waals surface area contributed by atoms with Gasteiger partial charge in [-0.15, -0.1) is 4.83 Å². The van der Waals surface area contributed by atoms with Crippen LogP contribution >= 0.6 is 0 Å². The summed E-state index contributed by atoms with van der Waals surface area (Å²) in [4.78, 5) is 12.5. The molecule has 0 aliphatic carbocycles. The van der Waals surface area contributed by atoms with Crippen LogP contribution in [0.5, 0.6) is 0 Å². The van der Waals surface area contributed by atoms with Gasteiger partial charge in [0.1, 0.15) is 0 Å². The first-order valence-electron chi connectivity index (χ1n) is 5.01. The van der Waals surface area contributed by atoms with E-state index in [2.05, 4.69) is 0 Å². The Labute approximate surface area is 103 Å². The van der Waals surface area contributed by atoms with Gasteiger partial charge >= 0.3 is 0 Å². The van der Waals surface area contributed by atoms with Crippen molar-refractivity contribution in [1.82, 2.24) is 10.3 Å². The standard InChI is InChI=1S/C10H12F2N2O3S/c1-6(2)10(15)13-14-18(16,17)7-3-4-8(11)9(12)5-7/h3-6,14H,1-2H3,(H,13,15). The first kappa shape index (κ1) is 14.5. The summed E-state index contributed by atoms with van der Waals surface area (Å²) < 4.78 is 48.7. The van der Waals surface area contributed by atoms with Gasteiger partial charge in [0.15, 0.2) is 11.6 Å². The number of carbonyl (C=O) groups is 1. The van der Waals surface area contributed by atoms with Gasteiger partial charge in [0.2, 0.25) is 5.91 Å². The van der Waals surface area contributed by atoms with Gasteiger partial charge in [-0.3, -0.25) is 10.2 Å². The van der Waals surface area contributed by atoms with Gasteiger partial charge in [0.25, 0.3) is 10.0 Å². The Morgan fingerprint density at radius 1 is 1.22 bits per heavy atom. The third-order valence-corrected chi connectivity index (χ3v) is 3.28. The minimum atomic E-state index is -4.12. The molecule has 0 saturated carbocycles. The van der Waals surface area contributed by atoms with Crippen molar-refractivity contribution in [3.8, 4) is 0 Å². The number of benzene rings is 1. The molecule has 1 aromatic rings. The predicted molar refractivity (Wildman–Crippen MR) is 59.7 cm³/mol. The molecule has 0 atom stereocenters. The average Bonchev–Trinajstić information content (AvgIpc) is 2.29. The van der Waals surface area contributed by atoms with E-state index >= 15 is 0 Å². The van der Waals surface area contributed by atoms with E-state index in [0.29, 0.717) is 12.1 Å². The van der Waals surface area contributed by atoms with Crippen LogP contribution in [0.4, 0.5) is 8.78 Å². The van der Waals surface area contributed by atoms with Crippen LogP contribution in [-0.4, -0.2) is 14.3 Å². The van der Waals surface area contributed by atoms with Gasteiger partial charge in [-0.1, -0.05) is 13.8 Å². The fourth-order valence-corrected chi connectivity index (χ4v) is 1.82. The molecule has 18 heavy (non-hydrogen) atoms. The number of amides is 1. The average molecular weight is 278 g/mol. The van der Waals surface area contributed by atoms with Crippen molar-refractivity contribution in [3.05, 3.63) is 29.8 Å². The Bertz CT molecular complexity index is 558. The molecule has 2 N–H and O–H groups in total. The van der Waals surface area contributed by atoms with Crippen LogP contribution < -0.4 is 10.3 Å². The molecule has 1 aromatic carbocycles. The van der Waals surface area contributed by atoms with Gasteiger partial charge < -0.3 is 0 Å². The molecule has 0 bridgehead atoms. The zero-order valence-electron chi connectivity index (χ0n) is 9.70. The number of carbonyl (C=O) groups excluding carboxylic acids is 1. The quantitative estimate of drug-likeness (QED) is 0.805. The minimum absolute atomic E-state index is 0.419. The van der Waals surface area contributed by atoms with E-state index in [1.54, 1.807) is 18.7 Å². The fourth-order valence-electron chi connectivity index (χ4n) is 0.965. The van der Waals surface area contributed by atoms with Gasteiger partial charge in [0, 0.05) is 5.92 Å². The molecule has 0 aliphatic rings. The molecule has 0 radical (unpaired) electrons. The van der Waals surface area contributed by atoms with Crippen LogP contribution in [0.25, 0.3) is 0 Å². The van der Waals surface area contributed by atoms with Crippen molar-refractivity contribution in [2.75, 3.05) is 0 Å². The second-order valence-electron chi connectivity index (χ2n) is 3.83. The summed E-state index contributed by atoms with van der Waals surface area (Å²) in [5.41, 5.74) is 1.96. The molecule has 0 aromatic heterocycles. The van der Waals surface area contributed by atoms with Crippen LogP contribution in [0.3, 0.4) is 0 Å². The van der Waals surface area contributed by atoms with E-state index in [9.17, 15) is 22.0 Å². The number of nitrogens with one attached hydrogen (secondary N) is 2. The first-order valence-corrected chi connectivity index (χ1v) is 6.49. The van der Waals surface area contributed by atoms with Gasteiger partial charge in [0.05, 0.1) is 4.90 Å². The SMILES string of the molecule is CC(C)C(=O)NNS(=O)(=O)c1ccc(F)c(F)c1. The van der Waals surface area contributed by atoms with E-state index in [-0.39, 0.29) is 0 Å².